The van der Waals surface area contributed by atoms with E-state index in [1.54, 1.807) is 0 Å². The Labute approximate surface area is 428 Å². The first kappa shape index (κ1) is 66.1. The minimum Gasteiger partial charge on any atom is -0.462 e. The van der Waals surface area contributed by atoms with Crippen molar-refractivity contribution in [2.45, 2.75) is 309 Å². The third-order valence-corrected chi connectivity index (χ3v) is 13.0. The smallest absolute Gasteiger partial charge is 0.306 e. The van der Waals surface area contributed by atoms with E-state index in [-0.39, 0.29) is 31.1 Å². The van der Waals surface area contributed by atoms with Gasteiger partial charge in [-0.3, -0.25) is 14.4 Å². The van der Waals surface area contributed by atoms with Crippen molar-refractivity contribution >= 4 is 17.9 Å². The lowest BCUT2D eigenvalue weighted by molar-refractivity contribution is -0.167. The number of hydrogen-bond acceptors (Lipinski definition) is 6. The monoisotopic (exact) mass is 965 g/mol. The molecule has 0 aliphatic heterocycles. The fourth-order valence-electron chi connectivity index (χ4n) is 8.55. The SMILES string of the molecule is CC/C=C\C/C=C\C/C=C\C/C=C\CCCCCCCCCCCCCCCCCCCCC(=O)OCC(COC(=O)CCCCCCCCC)OC(=O)CCCCCCC/C=C\CCCCCC. The lowest BCUT2D eigenvalue weighted by Crippen LogP contribution is -2.30. The van der Waals surface area contributed by atoms with E-state index in [2.05, 4.69) is 81.5 Å². The predicted octanol–water partition coefficient (Wildman–Crippen LogP) is 20.0. The van der Waals surface area contributed by atoms with Crippen LogP contribution in [0.25, 0.3) is 0 Å². The van der Waals surface area contributed by atoms with Crippen molar-refractivity contribution in [3.05, 3.63) is 60.8 Å². The predicted molar refractivity (Wildman–Crippen MR) is 298 cm³/mol. The Kier molecular flexibility index (Phi) is 55.3. The van der Waals surface area contributed by atoms with Crippen molar-refractivity contribution in [2.75, 3.05) is 13.2 Å². The zero-order chi connectivity index (χ0) is 50.0. The molecule has 0 aliphatic carbocycles. The van der Waals surface area contributed by atoms with E-state index in [0.717, 1.165) is 89.9 Å². The van der Waals surface area contributed by atoms with Gasteiger partial charge >= 0.3 is 17.9 Å². The molecule has 0 radical (unpaired) electrons. The van der Waals surface area contributed by atoms with E-state index in [1.165, 1.54) is 173 Å². The Hall–Kier alpha value is -2.89. The minimum atomic E-state index is -0.772. The highest BCUT2D eigenvalue weighted by atomic mass is 16.6. The van der Waals surface area contributed by atoms with Crippen molar-refractivity contribution in [3.63, 3.8) is 0 Å². The molecule has 0 spiro atoms. The Morgan fingerprint density at radius 2 is 0.565 bits per heavy atom. The third-order valence-electron chi connectivity index (χ3n) is 13.0. The van der Waals surface area contributed by atoms with Crippen molar-refractivity contribution in [2.24, 2.45) is 0 Å². The summed E-state index contributed by atoms with van der Waals surface area (Å²) in [6.45, 7) is 6.49. The second-order valence-electron chi connectivity index (χ2n) is 19.9. The molecule has 0 aromatic heterocycles. The molecule has 0 rings (SSSR count). The number of carbonyl (C=O) groups excluding carboxylic acids is 3. The van der Waals surface area contributed by atoms with Gasteiger partial charge in [0.15, 0.2) is 6.10 Å². The van der Waals surface area contributed by atoms with E-state index < -0.39 is 6.10 Å². The lowest BCUT2D eigenvalue weighted by atomic mass is 10.0. The highest BCUT2D eigenvalue weighted by Crippen LogP contribution is 2.17. The van der Waals surface area contributed by atoms with Crippen LogP contribution in [0.1, 0.15) is 303 Å². The van der Waals surface area contributed by atoms with Gasteiger partial charge in [-0.15, -0.1) is 0 Å². The van der Waals surface area contributed by atoms with Crippen molar-refractivity contribution < 1.29 is 28.6 Å². The molecule has 6 heteroatoms. The Morgan fingerprint density at radius 1 is 0.304 bits per heavy atom. The summed E-state index contributed by atoms with van der Waals surface area (Å²) in [5.74, 6) is -0.877. The van der Waals surface area contributed by atoms with Gasteiger partial charge in [0.1, 0.15) is 13.2 Å². The third kappa shape index (κ3) is 55.9. The van der Waals surface area contributed by atoms with Crippen molar-refractivity contribution in [3.8, 4) is 0 Å². The normalized spacial score (nSPS) is 12.4. The first-order valence-electron chi connectivity index (χ1n) is 29.8. The molecule has 400 valence electrons. The fourth-order valence-corrected chi connectivity index (χ4v) is 8.55. The summed E-state index contributed by atoms with van der Waals surface area (Å²) in [6, 6.07) is 0. The van der Waals surface area contributed by atoms with Crippen LogP contribution in [-0.2, 0) is 28.6 Å². The van der Waals surface area contributed by atoms with Crippen LogP contribution in [0.4, 0.5) is 0 Å². The van der Waals surface area contributed by atoms with E-state index in [1.807, 2.05) is 0 Å². The van der Waals surface area contributed by atoms with Crippen LogP contribution in [0.5, 0.6) is 0 Å². The zero-order valence-corrected chi connectivity index (χ0v) is 45.8. The molecule has 1 atom stereocenters. The number of unbranched alkanes of at least 4 members (excludes halogenated alkanes) is 33. The van der Waals surface area contributed by atoms with Crippen LogP contribution >= 0.6 is 0 Å². The van der Waals surface area contributed by atoms with Gasteiger partial charge in [0.2, 0.25) is 0 Å². The molecule has 1 unspecified atom stereocenters. The van der Waals surface area contributed by atoms with Gasteiger partial charge in [-0.05, 0) is 83.5 Å². The van der Waals surface area contributed by atoms with Gasteiger partial charge in [0, 0.05) is 19.3 Å². The quantitative estimate of drug-likeness (QED) is 0.0262. The molecule has 6 nitrogen and oxygen atoms in total. The van der Waals surface area contributed by atoms with Crippen LogP contribution in [0, 0.1) is 0 Å². The van der Waals surface area contributed by atoms with Crippen LogP contribution in [0.15, 0.2) is 60.8 Å². The fraction of sp³-hybridized carbons (Fsp3) is 0.794. The van der Waals surface area contributed by atoms with Crippen LogP contribution in [0.3, 0.4) is 0 Å². The maximum Gasteiger partial charge on any atom is 0.306 e. The number of allylic oxidation sites excluding steroid dienone is 10. The molecule has 0 saturated carbocycles. The Balaban J connectivity index is 3.99. The highest BCUT2D eigenvalue weighted by Gasteiger charge is 2.19. The second kappa shape index (κ2) is 57.7. The van der Waals surface area contributed by atoms with Crippen LogP contribution in [0.2, 0.25) is 0 Å². The second-order valence-corrected chi connectivity index (χ2v) is 19.9. The molecule has 0 amide bonds. The van der Waals surface area contributed by atoms with Crippen LogP contribution in [-0.4, -0.2) is 37.2 Å². The van der Waals surface area contributed by atoms with E-state index in [0.29, 0.717) is 19.3 Å². The summed E-state index contributed by atoms with van der Waals surface area (Å²) in [7, 11) is 0. The van der Waals surface area contributed by atoms with Gasteiger partial charge in [-0.25, -0.2) is 0 Å². The largest absolute Gasteiger partial charge is 0.462 e. The number of ether oxygens (including phenoxy) is 3. The molecule has 0 heterocycles. The van der Waals surface area contributed by atoms with Crippen LogP contribution < -0.4 is 0 Å². The van der Waals surface area contributed by atoms with E-state index >= 15 is 0 Å². The molecule has 0 saturated heterocycles. The summed E-state index contributed by atoms with van der Waals surface area (Å²) in [5.41, 5.74) is 0. The summed E-state index contributed by atoms with van der Waals surface area (Å²) >= 11 is 0. The molecular formula is C63H112O6. The standard InChI is InChI=1S/C63H112O6/c1-4-7-10-13-16-18-20-22-23-24-25-26-27-28-29-30-31-32-33-34-35-36-37-38-39-41-42-44-47-50-53-56-62(65)68-59-60(58-67-61(64)55-52-49-46-15-12-9-6-3)69-63(66)57-54-51-48-45-43-40-21-19-17-14-11-8-5-2/h7,10,16,18-19,21-23,25-26,60H,4-6,8-9,11-15,17,20,24,27-59H2,1-3H3/b10-7-,18-16-,21-19-,23-22-,26-25-. The first-order valence-corrected chi connectivity index (χ1v) is 29.8. The lowest BCUT2D eigenvalue weighted by Gasteiger charge is -2.18. The van der Waals surface area contributed by atoms with E-state index in [4.69, 9.17) is 14.2 Å². The van der Waals surface area contributed by atoms with Gasteiger partial charge < -0.3 is 14.2 Å². The van der Waals surface area contributed by atoms with Crippen molar-refractivity contribution in [1.82, 2.24) is 0 Å². The van der Waals surface area contributed by atoms with Gasteiger partial charge in [-0.1, -0.05) is 261 Å². The molecule has 0 bridgehead atoms. The summed E-state index contributed by atoms with van der Waals surface area (Å²) < 4.78 is 16.8. The van der Waals surface area contributed by atoms with Crippen molar-refractivity contribution in [1.29, 1.82) is 0 Å². The topological polar surface area (TPSA) is 78.9 Å². The summed E-state index contributed by atoms with van der Waals surface area (Å²) in [5, 5.41) is 0. The first-order chi connectivity index (χ1) is 34.0. The highest BCUT2D eigenvalue weighted by molar-refractivity contribution is 5.71. The average molecular weight is 966 g/mol. The molecule has 0 fully saturated rings. The van der Waals surface area contributed by atoms with Gasteiger partial charge in [-0.2, -0.15) is 0 Å². The van der Waals surface area contributed by atoms with E-state index in [9.17, 15) is 14.4 Å². The zero-order valence-electron chi connectivity index (χ0n) is 45.8. The van der Waals surface area contributed by atoms with Gasteiger partial charge in [0.05, 0.1) is 0 Å². The number of hydrogen-bond donors (Lipinski definition) is 0. The molecule has 69 heavy (non-hydrogen) atoms. The number of rotatable bonds is 54. The molecule has 0 aromatic rings. The maximum atomic E-state index is 12.8. The molecule has 0 aliphatic rings. The van der Waals surface area contributed by atoms with Gasteiger partial charge in [0.25, 0.3) is 0 Å². The minimum absolute atomic E-state index is 0.0734. The Bertz CT molecular complexity index is 1250. The molecule has 0 N–H and O–H groups in total. The average Bonchev–Trinajstić information content (AvgIpc) is 3.35. The maximum absolute atomic E-state index is 12.8. The molecular weight excluding hydrogens is 853 g/mol. The summed E-state index contributed by atoms with van der Waals surface area (Å²) in [4.78, 5) is 37.9. The Morgan fingerprint density at radius 3 is 0.913 bits per heavy atom. The summed E-state index contributed by atoms with van der Waals surface area (Å²) in [6.07, 6.45) is 72.6. The number of esters is 3. The number of carbonyl (C=O) groups is 3. The molecule has 0 aromatic carbocycles.